The second kappa shape index (κ2) is 10.1. The van der Waals surface area contributed by atoms with Crippen LogP contribution in [0.2, 0.25) is 0 Å². The summed E-state index contributed by atoms with van der Waals surface area (Å²) in [5.41, 5.74) is 1.75. The van der Waals surface area contributed by atoms with Crippen molar-refractivity contribution in [2.24, 2.45) is 0 Å². The Morgan fingerprint density at radius 1 is 1.15 bits per heavy atom. The Morgan fingerprint density at radius 3 is 2.44 bits per heavy atom. The van der Waals surface area contributed by atoms with Crippen molar-refractivity contribution < 1.29 is 14.0 Å². The zero-order chi connectivity index (χ0) is 19.8. The summed E-state index contributed by atoms with van der Waals surface area (Å²) >= 11 is 3.48. The van der Waals surface area contributed by atoms with Crippen LogP contribution in [0.3, 0.4) is 0 Å². The van der Waals surface area contributed by atoms with Crippen LogP contribution in [-0.4, -0.2) is 29.9 Å². The minimum Gasteiger partial charge on any atom is -0.350 e. The van der Waals surface area contributed by atoms with E-state index >= 15 is 0 Å². The van der Waals surface area contributed by atoms with Gasteiger partial charge in [-0.2, -0.15) is 0 Å². The van der Waals surface area contributed by atoms with E-state index < -0.39 is 0 Å². The highest BCUT2D eigenvalue weighted by Crippen LogP contribution is 2.22. The molecule has 27 heavy (non-hydrogen) atoms. The van der Waals surface area contributed by atoms with E-state index in [1.807, 2.05) is 38.1 Å². The zero-order valence-electron chi connectivity index (χ0n) is 15.3. The van der Waals surface area contributed by atoms with Crippen LogP contribution < -0.4 is 10.6 Å². The van der Waals surface area contributed by atoms with Gasteiger partial charge in [-0.3, -0.25) is 4.79 Å². The van der Waals surface area contributed by atoms with E-state index in [0.29, 0.717) is 6.54 Å². The van der Waals surface area contributed by atoms with Crippen LogP contribution in [0.5, 0.6) is 0 Å². The third-order valence-electron chi connectivity index (χ3n) is 4.12. The first-order chi connectivity index (χ1) is 12.9. The number of hydrogen-bond acceptors (Lipinski definition) is 2. The third kappa shape index (κ3) is 6.36. The van der Waals surface area contributed by atoms with Gasteiger partial charge >= 0.3 is 6.03 Å². The maximum atomic E-state index is 12.9. The normalized spacial score (nSPS) is 11.6. The van der Waals surface area contributed by atoms with Crippen LogP contribution in [0.4, 0.5) is 9.18 Å². The van der Waals surface area contributed by atoms with Crippen LogP contribution in [0, 0.1) is 5.82 Å². The number of carbonyl (C=O) groups is 2. The molecule has 0 saturated heterocycles. The van der Waals surface area contributed by atoms with Crippen molar-refractivity contribution in [2.75, 3.05) is 13.1 Å². The molecule has 0 aliphatic carbocycles. The molecule has 0 saturated carbocycles. The Bertz CT molecular complexity index is 783. The van der Waals surface area contributed by atoms with E-state index in [2.05, 4.69) is 26.6 Å². The molecule has 2 aromatic rings. The van der Waals surface area contributed by atoms with Crippen molar-refractivity contribution in [2.45, 2.75) is 26.4 Å². The SMILES string of the molecule is CCN(CC(=O)NCc1ccc(F)cc1)C(=O)N[C@H](C)c1ccccc1Br. The predicted molar refractivity (Wildman–Crippen MR) is 107 cm³/mol. The average Bonchev–Trinajstić information content (AvgIpc) is 2.65. The second-order valence-electron chi connectivity index (χ2n) is 6.11. The van der Waals surface area contributed by atoms with E-state index in [1.165, 1.54) is 17.0 Å². The molecule has 0 bridgehead atoms. The van der Waals surface area contributed by atoms with Gasteiger partial charge in [-0.05, 0) is 43.2 Å². The fraction of sp³-hybridized carbons (Fsp3) is 0.300. The summed E-state index contributed by atoms with van der Waals surface area (Å²) in [5, 5.41) is 5.65. The molecule has 2 aromatic carbocycles. The van der Waals surface area contributed by atoms with Crippen LogP contribution in [0.25, 0.3) is 0 Å². The Balaban J connectivity index is 1.87. The van der Waals surface area contributed by atoms with Gasteiger partial charge in [-0.1, -0.05) is 46.3 Å². The summed E-state index contributed by atoms with van der Waals surface area (Å²) in [6, 6.07) is 13.1. The molecule has 0 unspecified atom stereocenters. The first-order valence-corrected chi connectivity index (χ1v) is 9.51. The number of likely N-dealkylation sites (N-methyl/N-ethyl adjacent to an activating group) is 1. The first-order valence-electron chi connectivity index (χ1n) is 8.71. The maximum Gasteiger partial charge on any atom is 0.318 e. The fourth-order valence-electron chi connectivity index (χ4n) is 2.54. The van der Waals surface area contributed by atoms with Gasteiger partial charge in [-0.15, -0.1) is 0 Å². The molecule has 3 amide bonds. The molecule has 0 radical (unpaired) electrons. The van der Waals surface area contributed by atoms with Crippen LogP contribution in [0.15, 0.2) is 53.0 Å². The van der Waals surface area contributed by atoms with Crippen molar-refractivity contribution in [1.82, 2.24) is 15.5 Å². The van der Waals surface area contributed by atoms with E-state index in [9.17, 15) is 14.0 Å². The van der Waals surface area contributed by atoms with Gasteiger partial charge in [-0.25, -0.2) is 9.18 Å². The van der Waals surface area contributed by atoms with Crippen molar-refractivity contribution in [3.8, 4) is 0 Å². The number of carbonyl (C=O) groups excluding carboxylic acids is 2. The third-order valence-corrected chi connectivity index (χ3v) is 4.84. The number of urea groups is 1. The van der Waals surface area contributed by atoms with Gasteiger partial charge in [0.1, 0.15) is 12.4 Å². The van der Waals surface area contributed by atoms with Gasteiger partial charge in [0.2, 0.25) is 5.91 Å². The summed E-state index contributed by atoms with van der Waals surface area (Å²) in [7, 11) is 0. The molecule has 0 aromatic heterocycles. The van der Waals surface area contributed by atoms with Gasteiger partial charge in [0.05, 0.1) is 6.04 Å². The molecule has 2 N–H and O–H groups in total. The average molecular weight is 436 g/mol. The number of hydrogen-bond donors (Lipinski definition) is 2. The van der Waals surface area contributed by atoms with E-state index in [-0.39, 0.29) is 36.9 Å². The highest BCUT2D eigenvalue weighted by Gasteiger charge is 2.18. The van der Waals surface area contributed by atoms with Crippen molar-refractivity contribution in [3.05, 3.63) is 69.9 Å². The smallest absolute Gasteiger partial charge is 0.318 e. The highest BCUT2D eigenvalue weighted by molar-refractivity contribution is 9.10. The number of amides is 3. The van der Waals surface area contributed by atoms with Gasteiger partial charge in [0.15, 0.2) is 0 Å². The van der Waals surface area contributed by atoms with Gasteiger partial charge in [0.25, 0.3) is 0 Å². The fourth-order valence-corrected chi connectivity index (χ4v) is 3.17. The lowest BCUT2D eigenvalue weighted by molar-refractivity contribution is -0.121. The predicted octanol–water partition coefficient (Wildman–Crippen LogP) is 4.00. The topological polar surface area (TPSA) is 61.4 Å². The van der Waals surface area contributed by atoms with Crippen LogP contribution in [0.1, 0.15) is 31.0 Å². The summed E-state index contributed by atoms with van der Waals surface area (Å²) < 4.78 is 13.8. The summed E-state index contributed by atoms with van der Waals surface area (Å²) in [5.74, 6) is -0.594. The number of benzene rings is 2. The Labute approximate surface area is 167 Å². The Hall–Kier alpha value is -2.41. The minimum absolute atomic E-state index is 0.0494. The molecule has 0 aliphatic heterocycles. The first kappa shape index (κ1) is 20.9. The van der Waals surface area contributed by atoms with Crippen LogP contribution in [-0.2, 0) is 11.3 Å². The minimum atomic E-state index is -0.321. The Kier molecular flexibility index (Phi) is 7.79. The molecule has 7 heteroatoms. The number of nitrogens with zero attached hydrogens (tertiary/aromatic N) is 1. The van der Waals surface area contributed by atoms with E-state index in [4.69, 9.17) is 0 Å². The van der Waals surface area contributed by atoms with Crippen molar-refractivity contribution in [3.63, 3.8) is 0 Å². The number of rotatable bonds is 7. The summed E-state index contributed by atoms with van der Waals surface area (Å²) in [6.45, 7) is 4.34. The Morgan fingerprint density at radius 2 is 1.81 bits per heavy atom. The zero-order valence-corrected chi connectivity index (χ0v) is 16.9. The molecule has 144 valence electrons. The lowest BCUT2D eigenvalue weighted by Crippen LogP contribution is -2.46. The molecule has 2 rings (SSSR count). The van der Waals surface area contributed by atoms with Gasteiger partial charge < -0.3 is 15.5 Å². The number of nitrogens with one attached hydrogen (secondary N) is 2. The summed E-state index contributed by atoms with van der Waals surface area (Å²) in [4.78, 5) is 26.1. The van der Waals surface area contributed by atoms with Crippen LogP contribution >= 0.6 is 15.9 Å². The van der Waals surface area contributed by atoms with E-state index in [1.54, 1.807) is 12.1 Å². The molecule has 0 heterocycles. The molecule has 1 atom stereocenters. The quantitative estimate of drug-likeness (QED) is 0.690. The monoisotopic (exact) mass is 435 g/mol. The van der Waals surface area contributed by atoms with Gasteiger partial charge in [0, 0.05) is 17.6 Å². The molecule has 5 nitrogen and oxygen atoms in total. The highest BCUT2D eigenvalue weighted by atomic mass is 79.9. The number of halogens is 2. The lowest BCUT2D eigenvalue weighted by Gasteiger charge is -2.24. The summed E-state index contributed by atoms with van der Waals surface area (Å²) in [6.07, 6.45) is 0. The lowest BCUT2D eigenvalue weighted by atomic mass is 10.1. The second-order valence-corrected chi connectivity index (χ2v) is 6.96. The standard InChI is InChI=1S/C20H23BrFN3O2/c1-3-25(13-19(26)23-12-15-8-10-16(22)11-9-15)20(27)24-14(2)17-6-4-5-7-18(17)21/h4-11,14H,3,12-13H2,1-2H3,(H,23,26)(H,24,27)/t14-/m1/s1. The molecular formula is C20H23BrFN3O2. The molecule has 0 fully saturated rings. The molecular weight excluding hydrogens is 413 g/mol. The maximum absolute atomic E-state index is 12.9. The van der Waals surface area contributed by atoms with Crippen molar-refractivity contribution >= 4 is 27.9 Å². The van der Waals surface area contributed by atoms with E-state index in [0.717, 1.165) is 15.6 Å². The molecule has 0 aliphatic rings. The molecule has 0 spiro atoms. The largest absolute Gasteiger partial charge is 0.350 e. The van der Waals surface area contributed by atoms with Crippen molar-refractivity contribution in [1.29, 1.82) is 0 Å².